The summed E-state index contributed by atoms with van der Waals surface area (Å²) in [5.74, 6) is -0.287. The molecule has 2 aromatic carbocycles. The fraction of sp³-hybridized carbons (Fsp3) is 0.235. The lowest BCUT2D eigenvalue weighted by Crippen LogP contribution is -2.43. The molecule has 25 heavy (non-hydrogen) atoms. The Morgan fingerprint density at radius 2 is 1.88 bits per heavy atom. The van der Waals surface area contributed by atoms with Crippen molar-refractivity contribution in [3.8, 4) is 5.75 Å². The highest BCUT2D eigenvalue weighted by Gasteiger charge is 2.19. The molecule has 6 nitrogen and oxygen atoms in total. The predicted octanol–water partition coefficient (Wildman–Crippen LogP) is 2.22. The molecule has 0 unspecified atom stereocenters. The van der Waals surface area contributed by atoms with Crippen molar-refractivity contribution in [1.29, 1.82) is 0 Å². The number of fused-ring (bicyclic) bond motifs is 1. The Labute approximate surface area is 151 Å². The van der Waals surface area contributed by atoms with Gasteiger partial charge in [0.05, 0.1) is 9.92 Å². The molecule has 3 rings (SSSR count). The number of hydrogen-bond donors (Lipinski definition) is 2. The first-order valence-corrected chi connectivity index (χ1v) is 9.61. The minimum atomic E-state index is -3.83. The van der Waals surface area contributed by atoms with E-state index in [0.29, 0.717) is 10.8 Å². The van der Waals surface area contributed by atoms with E-state index in [2.05, 4.69) is 10.3 Å². The molecule has 8 heteroatoms. The summed E-state index contributed by atoms with van der Waals surface area (Å²) in [4.78, 5) is 14.0. The second-order valence-electron chi connectivity index (χ2n) is 5.66. The topological polar surface area (TPSA) is 84.5 Å². The molecule has 0 bridgehead atoms. The van der Waals surface area contributed by atoms with Crippen LogP contribution < -0.4 is 15.0 Å². The first kappa shape index (κ1) is 17.7. The first-order chi connectivity index (χ1) is 12.0. The molecule has 2 aromatic rings. The third kappa shape index (κ3) is 4.31. The van der Waals surface area contributed by atoms with E-state index < -0.39 is 15.9 Å². The van der Waals surface area contributed by atoms with E-state index in [-0.39, 0.29) is 11.5 Å². The maximum Gasteiger partial charge on any atom is 0.272 e. The van der Waals surface area contributed by atoms with Crippen LogP contribution in [0.25, 0.3) is 0 Å². The number of nitrogens with one attached hydrogen (secondary N) is 2. The number of benzene rings is 2. The van der Waals surface area contributed by atoms with Crippen molar-refractivity contribution in [2.75, 3.05) is 6.61 Å². The van der Waals surface area contributed by atoms with E-state index in [1.165, 1.54) is 5.56 Å². The van der Waals surface area contributed by atoms with Gasteiger partial charge in [-0.25, -0.2) is 8.42 Å². The van der Waals surface area contributed by atoms with Crippen molar-refractivity contribution in [3.63, 3.8) is 0 Å². The monoisotopic (exact) mass is 380 g/mol. The molecular weight excluding hydrogens is 364 g/mol. The molecule has 0 radical (unpaired) electrons. The SMILES string of the molecule is O=C(COc1ccccc1Cl)NNS(=O)(=O)c1ccc2c(c1)CCC2. The van der Waals surface area contributed by atoms with Gasteiger partial charge >= 0.3 is 0 Å². The Hall–Kier alpha value is -2.09. The van der Waals surface area contributed by atoms with E-state index in [1.807, 2.05) is 6.07 Å². The normalized spacial score (nSPS) is 13.3. The summed E-state index contributed by atoms with van der Waals surface area (Å²) in [5.41, 5.74) is 4.35. The fourth-order valence-corrected chi connectivity index (χ4v) is 3.74. The van der Waals surface area contributed by atoms with Gasteiger partial charge in [-0.3, -0.25) is 10.2 Å². The van der Waals surface area contributed by atoms with Gasteiger partial charge in [0.25, 0.3) is 15.9 Å². The number of carbonyl (C=O) groups is 1. The van der Waals surface area contributed by atoms with Crippen LogP contribution in [0.5, 0.6) is 5.75 Å². The summed E-state index contributed by atoms with van der Waals surface area (Å²) in [6.07, 6.45) is 2.87. The average molecular weight is 381 g/mol. The van der Waals surface area contributed by atoms with Gasteiger partial charge in [-0.2, -0.15) is 0 Å². The van der Waals surface area contributed by atoms with Gasteiger partial charge in [-0.05, 0) is 54.7 Å². The fourth-order valence-electron chi connectivity index (χ4n) is 2.64. The highest BCUT2D eigenvalue weighted by Crippen LogP contribution is 2.24. The zero-order chi connectivity index (χ0) is 17.9. The van der Waals surface area contributed by atoms with Crippen molar-refractivity contribution >= 4 is 27.5 Å². The number of aryl methyl sites for hydroxylation is 2. The number of carbonyl (C=O) groups excluding carboxylic acids is 1. The van der Waals surface area contributed by atoms with E-state index in [4.69, 9.17) is 16.3 Å². The van der Waals surface area contributed by atoms with Crippen LogP contribution >= 0.6 is 11.6 Å². The molecule has 0 aromatic heterocycles. The summed E-state index contributed by atoms with van der Waals surface area (Å²) in [6.45, 7) is -0.365. The van der Waals surface area contributed by atoms with Crippen LogP contribution in [0, 0.1) is 0 Å². The molecule has 2 N–H and O–H groups in total. The molecule has 1 amide bonds. The number of amides is 1. The second-order valence-corrected chi connectivity index (χ2v) is 7.75. The highest BCUT2D eigenvalue weighted by atomic mass is 35.5. The summed E-state index contributed by atoms with van der Waals surface area (Å²) >= 11 is 5.92. The van der Waals surface area contributed by atoms with E-state index in [0.717, 1.165) is 24.8 Å². The van der Waals surface area contributed by atoms with Gasteiger partial charge in [-0.1, -0.05) is 29.8 Å². The number of sulfonamides is 1. The highest BCUT2D eigenvalue weighted by molar-refractivity contribution is 7.89. The van der Waals surface area contributed by atoms with Gasteiger partial charge in [0, 0.05) is 0 Å². The first-order valence-electron chi connectivity index (χ1n) is 7.75. The summed E-state index contributed by atoms with van der Waals surface area (Å²) < 4.78 is 29.8. The van der Waals surface area contributed by atoms with Crippen LogP contribution in [0.2, 0.25) is 5.02 Å². The van der Waals surface area contributed by atoms with Crippen LogP contribution in [0.15, 0.2) is 47.4 Å². The van der Waals surface area contributed by atoms with E-state index >= 15 is 0 Å². The van der Waals surface area contributed by atoms with Gasteiger partial charge < -0.3 is 4.74 Å². The number of ether oxygens (including phenoxy) is 1. The largest absolute Gasteiger partial charge is 0.482 e. The Bertz CT molecular complexity index is 899. The molecule has 0 saturated carbocycles. The number of hydrazine groups is 1. The van der Waals surface area contributed by atoms with E-state index in [1.54, 1.807) is 36.4 Å². The molecule has 0 heterocycles. The Kier molecular flexibility index (Phi) is 5.27. The average Bonchev–Trinajstić information content (AvgIpc) is 3.07. The lowest BCUT2D eigenvalue weighted by molar-refractivity contribution is -0.123. The standard InChI is InChI=1S/C17H17ClN2O4S/c18-15-6-1-2-7-16(15)24-11-17(21)19-20-25(22,23)14-9-8-12-4-3-5-13(12)10-14/h1-2,6-10,20H,3-5,11H2,(H,19,21). The van der Waals surface area contributed by atoms with Crippen molar-refractivity contribution in [3.05, 3.63) is 58.6 Å². The van der Waals surface area contributed by atoms with Gasteiger partial charge in [-0.15, -0.1) is 4.83 Å². The van der Waals surface area contributed by atoms with Crippen LogP contribution in [-0.4, -0.2) is 20.9 Å². The Morgan fingerprint density at radius 3 is 2.68 bits per heavy atom. The molecule has 0 atom stereocenters. The number of hydrogen-bond acceptors (Lipinski definition) is 4. The molecule has 1 aliphatic rings. The summed E-state index contributed by atoms with van der Waals surface area (Å²) in [5, 5.41) is 0.369. The zero-order valence-electron chi connectivity index (χ0n) is 13.3. The third-order valence-electron chi connectivity index (χ3n) is 3.90. The van der Waals surface area contributed by atoms with Crippen molar-refractivity contribution in [2.24, 2.45) is 0 Å². The third-order valence-corrected chi connectivity index (χ3v) is 5.46. The van der Waals surface area contributed by atoms with E-state index in [9.17, 15) is 13.2 Å². The number of rotatable bonds is 6. The van der Waals surface area contributed by atoms with Crippen molar-refractivity contribution in [2.45, 2.75) is 24.2 Å². The van der Waals surface area contributed by atoms with Gasteiger partial charge in [0.1, 0.15) is 5.75 Å². The summed E-state index contributed by atoms with van der Waals surface area (Å²) in [6, 6.07) is 11.7. The Balaban J connectivity index is 1.57. The van der Waals surface area contributed by atoms with Crippen molar-refractivity contribution in [1.82, 2.24) is 10.3 Å². The van der Waals surface area contributed by atoms with Crippen LogP contribution in [0.3, 0.4) is 0 Å². The molecule has 0 aliphatic heterocycles. The second kappa shape index (κ2) is 7.43. The van der Waals surface area contributed by atoms with Crippen LogP contribution in [0.1, 0.15) is 17.5 Å². The minimum Gasteiger partial charge on any atom is -0.482 e. The molecule has 0 spiro atoms. The number of para-hydroxylation sites is 1. The maximum atomic E-state index is 12.3. The van der Waals surface area contributed by atoms with Gasteiger partial charge in [0.2, 0.25) is 0 Å². The smallest absolute Gasteiger partial charge is 0.272 e. The molecule has 132 valence electrons. The van der Waals surface area contributed by atoms with Crippen LogP contribution in [-0.2, 0) is 27.7 Å². The molecule has 1 aliphatic carbocycles. The summed E-state index contributed by atoms with van der Waals surface area (Å²) in [7, 11) is -3.83. The maximum absolute atomic E-state index is 12.3. The van der Waals surface area contributed by atoms with Crippen molar-refractivity contribution < 1.29 is 17.9 Å². The minimum absolute atomic E-state index is 0.125. The van der Waals surface area contributed by atoms with Crippen LogP contribution in [0.4, 0.5) is 0 Å². The lowest BCUT2D eigenvalue weighted by atomic mass is 10.1. The van der Waals surface area contributed by atoms with Gasteiger partial charge in [0.15, 0.2) is 6.61 Å². The Morgan fingerprint density at radius 1 is 1.12 bits per heavy atom. The zero-order valence-corrected chi connectivity index (χ0v) is 14.9. The molecule has 0 fully saturated rings. The number of halogens is 1. The predicted molar refractivity (Wildman–Crippen MR) is 93.9 cm³/mol. The molecule has 0 saturated heterocycles. The quantitative estimate of drug-likeness (QED) is 0.752. The lowest BCUT2D eigenvalue weighted by Gasteiger charge is -2.11. The molecular formula is C17H17ClN2O4S.